The lowest BCUT2D eigenvalue weighted by Gasteiger charge is -2.10. The zero-order chi connectivity index (χ0) is 13.9. The summed E-state index contributed by atoms with van der Waals surface area (Å²) in [6, 6.07) is 16.5. The molecule has 3 nitrogen and oxygen atoms in total. The topological polar surface area (TPSA) is 46.2 Å². The highest BCUT2D eigenvalue weighted by Gasteiger charge is 2.19. The molecule has 0 aromatic heterocycles. The Morgan fingerprint density at radius 3 is 2.45 bits per heavy atom. The third-order valence-corrected chi connectivity index (χ3v) is 3.24. The van der Waals surface area contributed by atoms with Crippen LogP contribution in [0.5, 0.6) is 0 Å². The van der Waals surface area contributed by atoms with Crippen molar-refractivity contribution in [3.05, 3.63) is 77.5 Å². The number of Topliss-reactive ketones (excluding diaryl/α,β-unsaturated/α-hetero) is 1. The third-order valence-electron chi connectivity index (χ3n) is 3.24. The molecule has 0 spiro atoms. The minimum atomic E-state index is -0.171. The van der Waals surface area contributed by atoms with Crippen LogP contribution in [0.1, 0.15) is 15.9 Å². The number of para-hydroxylation sites is 1. The molecule has 0 saturated heterocycles. The molecule has 0 aliphatic carbocycles. The van der Waals surface area contributed by atoms with Gasteiger partial charge in [0, 0.05) is 23.7 Å². The van der Waals surface area contributed by atoms with Gasteiger partial charge in [-0.2, -0.15) is 0 Å². The molecule has 0 radical (unpaired) electrons. The number of nitrogens with one attached hydrogen (secondary N) is 1. The fourth-order valence-electron chi connectivity index (χ4n) is 2.24. The summed E-state index contributed by atoms with van der Waals surface area (Å²) < 4.78 is 0. The Bertz CT molecular complexity index is 702. The molecule has 3 heteroatoms. The largest absolute Gasteiger partial charge is 0.352 e. The highest BCUT2D eigenvalue weighted by Crippen LogP contribution is 2.22. The second kappa shape index (κ2) is 5.13. The number of fused-ring (bicyclic) bond motifs is 1. The molecule has 0 bridgehead atoms. The third kappa shape index (κ3) is 2.38. The van der Waals surface area contributed by atoms with E-state index >= 15 is 0 Å². The zero-order valence-corrected chi connectivity index (χ0v) is 10.8. The number of allylic oxidation sites excluding steroid dienone is 2. The van der Waals surface area contributed by atoms with Crippen LogP contribution in [0, 0.1) is 0 Å². The number of benzene rings is 2. The van der Waals surface area contributed by atoms with Gasteiger partial charge in [-0.1, -0.05) is 48.5 Å². The average molecular weight is 263 g/mol. The van der Waals surface area contributed by atoms with Gasteiger partial charge in [-0.25, -0.2) is 0 Å². The van der Waals surface area contributed by atoms with Crippen LogP contribution in [0.4, 0.5) is 5.69 Å². The number of hydrogen-bond acceptors (Lipinski definition) is 3. The molecule has 0 saturated carbocycles. The summed E-state index contributed by atoms with van der Waals surface area (Å²) in [6.45, 7) is 0. The molecule has 3 rings (SSSR count). The number of anilines is 1. The second-order valence-electron chi connectivity index (χ2n) is 4.68. The Morgan fingerprint density at radius 1 is 0.950 bits per heavy atom. The molecule has 98 valence electrons. The van der Waals surface area contributed by atoms with Crippen molar-refractivity contribution in [3.8, 4) is 0 Å². The summed E-state index contributed by atoms with van der Waals surface area (Å²) in [5, 5.41) is 3.08. The van der Waals surface area contributed by atoms with E-state index in [1.54, 1.807) is 24.3 Å². The predicted octanol–water partition coefficient (Wildman–Crippen LogP) is 2.99. The predicted molar refractivity (Wildman–Crippen MR) is 77.6 cm³/mol. The fraction of sp³-hybridized carbons (Fsp3) is 0.0588. The summed E-state index contributed by atoms with van der Waals surface area (Å²) in [4.78, 5) is 24.3. The lowest BCUT2D eigenvalue weighted by molar-refractivity contribution is -0.114. The minimum absolute atomic E-state index is 0.0678. The van der Waals surface area contributed by atoms with Crippen molar-refractivity contribution in [2.24, 2.45) is 0 Å². The second-order valence-corrected chi connectivity index (χ2v) is 4.68. The van der Waals surface area contributed by atoms with Crippen molar-refractivity contribution in [1.82, 2.24) is 0 Å². The molecule has 0 fully saturated rings. The highest BCUT2D eigenvalue weighted by atomic mass is 16.1. The van der Waals surface area contributed by atoms with Crippen LogP contribution < -0.4 is 5.32 Å². The number of rotatable bonds is 2. The molecular formula is C17H13NO2. The van der Waals surface area contributed by atoms with E-state index in [4.69, 9.17) is 0 Å². The maximum absolute atomic E-state index is 12.4. The van der Waals surface area contributed by atoms with E-state index in [9.17, 15) is 9.59 Å². The first-order valence-corrected chi connectivity index (χ1v) is 6.43. The first kappa shape index (κ1) is 12.4. The highest BCUT2D eigenvalue weighted by molar-refractivity contribution is 6.14. The average Bonchev–Trinajstić information content (AvgIpc) is 2.65. The van der Waals surface area contributed by atoms with Gasteiger partial charge < -0.3 is 5.32 Å². The van der Waals surface area contributed by atoms with Gasteiger partial charge >= 0.3 is 0 Å². The van der Waals surface area contributed by atoms with E-state index in [-0.39, 0.29) is 11.6 Å². The van der Waals surface area contributed by atoms with Gasteiger partial charge in [0.2, 0.25) is 5.78 Å². The number of hydrogen-bond donors (Lipinski definition) is 1. The van der Waals surface area contributed by atoms with Crippen molar-refractivity contribution < 1.29 is 9.59 Å². The molecule has 1 aliphatic rings. The Balaban J connectivity index is 1.98. The summed E-state index contributed by atoms with van der Waals surface area (Å²) in [7, 11) is 0. The van der Waals surface area contributed by atoms with Gasteiger partial charge in [-0.3, -0.25) is 9.59 Å². The van der Waals surface area contributed by atoms with E-state index in [0.717, 1.165) is 11.3 Å². The van der Waals surface area contributed by atoms with E-state index in [0.29, 0.717) is 17.7 Å². The number of carbonyl (C=O) groups is 2. The Morgan fingerprint density at radius 2 is 1.65 bits per heavy atom. The number of ketones is 2. The van der Waals surface area contributed by atoms with Crippen LogP contribution in [0.25, 0.3) is 0 Å². The van der Waals surface area contributed by atoms with Crippen LogP contribution in [-0.4, -0.2) is 11.6 Å². The van der Waals surface area contributed by atoms with Crippen molar-refractivity contribution >= 4 is 17.3 Å². The summed E-state index contributed by atoms with van der Waals surface area (Å²) in [5.74, 6) is -0.239. The molecule has 1 aliphatic heterocycles. The SMILES string of the molecule is O=C1C=C(C(=O)c2ccccc2)Nc2ccccc2C1. The van der Waals surface area contributed by atoms with Gasteiger partial charge in [0.25, 0.3) is 0 Å². The number of carbonyl (C=O) groups excluding carboxylic acids is 2. The van der Waals surface area contributed by atoms with E-state index in [2.05, 4.69) is 5.32 Å². The fourth-order valence-corrected chi connectivity index (χ4v) is 2.24. The molecule has 20 heavy (non-hydrogen) atoms. The van der Waals surface area contributed by atoms with Crippen LogP contribution in [-0.2, 0) is 11.2 Å². The molecule has 1 N–H and O–H groups in total. The Hall–Kier alpha value is -2.68. The van der Waals surface area contributed by atoms with Crippen LogP contribution in [0.3, 0.4) is 0 Å². The zero-order valence-electron chi connectivity index (χ0n) is 10.8. The lowest BCUT2D eigenvalue weighted by atomic mass is 10.1. The Labute approximate surface area is 116 Å². The van der Waals surface area contributed by atoms with Gasteiger partial charge in [-0.05, 0) is 11.6 Å². The quantitative estimate of drug-likeness (QED) is 0.847. The summed E-state index contributed by atoms with van der Waals surface area (Å²) in [5.41, 5.74) is 2.61. The monoisotopic (exact) mass is 263 g/mol. The minimum Gasteiger partial charge on any atom is -0.352 e. The van der Waals surface area contributed by atoms with E-state index in [1.807, 2.05) is 30.3 Å². The van der Waals surface area contributed by atoms with Crippen molar-refractivity contribution in [2.45, 2.75) is 6.42 Å². The summed E-state index contributed by atoms with van der Waals surface area (Å²) in [6.07, 6.45) is 1.71. The van der Waals surface area contributed by atoms with Gasteiger partial charge in [0.1, 0.15) is 0 Å². The van der Waals surface area contributed by atoms with E-state index < -0.39 is 0 Å². The van der Waals surface area contributed by atoms with Crippen LogP contribution >= 0.6 is 0 Å². The standard InChI is InChI=1S/C17H13NO2/c19-14-10-13-8-4-5-9-15(13)18-16(11-14)17(20)12-6-2-1-3-7-12/h1-9,11,18H,10H2. The van der Waals surface area contributed by atoms with Gasteiger partial charge in [0.15, 0.2) is 5.78 Å². The Kier molecular flexibility index (Phi) is 3.17. The van der Waals surface area contributed by atoms with Crippen molar-refractivity contribution in [3.63, 3.8) is 0 Å². The van der Waals surface area contributed by atoms with Crippen molar-refractivity contribution in [2.75, 3.05) is 5.32 Å². The summed E-state index contributed by atoms with van der Waals surface area (Å²) >= 11 is 0. The van der Waals surface area contributed by atoms with Gasteiger partial charge in [0.05, 0.1) is 5.70 Å². The molecule has 0 unspecified atom stereocenters. The maximum atomic E-state index is 12.4. The molecule has 0 amide bonds. The maximum Gasteiger partial charge on any atom is 0.209 e. The van der Waals surface area contributed by atoms with E-state index in [1.165, 1.54) is 6.08 Å². The first-order chi connectivity index (χ1) is 9.74. The molecule has 1 heterocycles. The molecular weight excluding hydrogens is 250 g/mol. The van der Waals surface area contributed by atoms with Crippen molar-refractivity contribution in [1.29, 1.82) is 0 Å². The molecule has 2 aromatic carbocycles. The first-order valence-electron chi connectivity index (χ1n) is 6.43. The van der Waals surface area contributed by atoms with Gasteiger partial charge in [-0.15, -0.1) is 0 Å². The molecule has 0 atom stereocenters. The smallest absolute Gasteiger partial charge is 0.209 e. The van der Waals surface area contributed by atoms with Crippen LogP contribution in [0.2, 0.25) is 0 Å². The lowest BCUT2D eigenvalue weighted by Crippen LogP contribution is -2.12. The normalized spacial score (nSPS) is 13.8. The molecule has 2 aromatic rings. The van der Waals surface area contributed by atoms with Crippen LogP contribution in [0.15, 0.2) is 66.4 Å².